The monoisotopic (exact) mass is 501 g/mol. The summed E-state index contributed by atoms with van der Waals surface area (Å²) in [4.78, 5) is 0. The van der Waals surface area contributed by atoms with E-state index in [4.69, 9.17) is 0 Å². The van der Waals surface area contributed by atoms with Crippen molar-refractivity contribution in [1.82, 2.24) is 5.32 Å². The van der Waals surface area contributed by atoms with Crippen LogP contribution in [0.2, 0.25) is 12.6 Å². The minimum Gasteiger partial charge on any atom is -0.392 e. The van der Waals surface area contributed by atoms with Crippen LogP contribution in [0, 0.1) is 5.92 Å². The first kappa shape index (κ1) is 30.0. The van der Waals surface area contributed by atoms with Crippen LogP contribution in [-0.2, 0) is 0 Å². The molecule has 2 aromatic carbocycles. The Balaban J connectivity index is 0.00000210. The quantitative estimate of drug-likeness (QED) is 0.614. The van der Waals surface area contributed by atoms with Gasteiger partial charge < -0.3 is 10.4 Å². The molecule has 4 atom stereocenters. The summed E-state index contributed by atoms with van der Waals surface area (Å²) in [5, 5.41) is 17.9. The average molecular weight is 502 g/mol. The highest BCUT2D eigenvalue weighted by molar-refractivity contribution is 7.59. The van der Waals surface area contributed by atoms with Crippen molar-refractivity contribution in [2.75, 3.05) is 0 Å². The maximum atomic E-state index is 11.2. The van der Waals surface area contributed by atoms with Crippen LogP contribution in [0.1, 0.15) is 32.1 Å². The molecule has 0 unspecified atom stereocenters. The van der Waals surface area contributed by atoms with Crippen molar-refractivity contribution >= 4 is 72.4 Å². The first-order valence-corrected chi connectivity index (χ1v) is 12.9. The van der Waals surface area contributed by atoms with Crippen LogP contribution in [0.15, 0.2) is 60.7 Å². The molecule has 2 aliphatic rings. The van der Waals surface area contributed by atoms with Gasteiger partial charge in [-0.1, -0.05) is 90.4 Å². The molecule has 2 aromatic rings. The van der Waals surface area contributed by atoms with E-state index in [2.05, 4.69) is 72.5 Å². The van der Waals surface area contributed by atoms with Gasteiger partial charge in [-0.25, -0.2) is 0 Å². The van der Waals surface area contributed by atoms with Crippen molar-refractivity contribution in [2.24, 2.45) is 5.92 Å². The molecule has 0 aromatic heterocycles. The molecule has 30 heavy (non-hydrogen) atoms. The number of aliphatic hydroxyl groups is 1. The molecule has 1 heterocycles. The SMILES string of the molecule is C[Si](C[C@@H](O)[C@@H]1C[C@@H]2CCCC[C@@H]2N1)(c1ccccc1)c1ccccc1.S.S.S.S. The van der Waals surface area contributed by atoms with Crippen molar-refractivity contribution < 1.29 is 5.11 Å². The van der Waals surface area contributed by atoms with E-state index in [0.29, 0.717) is 6.04 Å². The predicted molar refractivity (Wildman–Crippen MR) is 153 cm³/mol. The summed E-state index contributed by atoms with van der Waals surface area (Å²) >= 11 is 0. The standard InChI is InChI=1S/C23H31NOSi.4H2S/c1-26(19-11-4-2-5-12-19,20-13-6-3-7-14-20)17-23(25)22-16-18-10-8-9-15-21(18)24-22;;;;/h2-7,11-14,18,21-25H,8-10,15-17H2,1H3;4*1H2/t18-,21-,22-,23+;;;;/m0..../s1. The Bertz CT molecular complexity index is 668. The van der Waals surface area contributed by atoms with Gasteiger partial charge in [0.15, 0.2) is 0 Å². The molecule has 2 N–H and O–H groups in total. The zero-order valence-electron chi connectivity index (χ0n) is 17.8. The Morgan fingerprint density at radius 3 is 1.87 bits per heavy atom. The Labute approximate surface area is 211 Å². The summed E-state index contributed by atoms with van der Waals surface area (Å²) in [6.45, 7) is 2.42. The van der Waals surface area contributed by atoms with Crippen LogP contribution >= 0.6 is 54.0 Å². The van der Waals surface area contributed by atoms with Gasteiger partial charge in [0, 0.05) is 12.1 Å². The molecule has 2 nitrogen and oxygen atoms in total. The summed E-state index contributed by atoms with van der Waals surface area (Å²) in [6, 6.07) is 23.5. The van der Waals surface area contributed by atoms with Crippen molar-refractivity contribution in [3.05, 3.63) is 60.7 Å². The van der Waals surface area contributed by atoms with Crippen molar-refractivity contribution in [1.29, 1.82) is 0 Å². The fourth-order valence-electron chi connectivity index (χ4n) is 5.22. The number of nitrogens with one attached hydrogen (secondary N) is 1. The molecule has 1 aliphatic carbocycles. The van der Waals surface area contributed by atoms with Gasteiger partial charge in [-0.15, -0.1) is 0 Å². The van der Waals surface area contributed by atoms with Crippen LogP contribution in [0.3, 0.4) is 0 Å². The lowest BCUT2D eigenvalue weighted by Gasteiger charge is -2.33. The highest BCUT2D eigenvalue weighted by Crippen LogP contribution is 2.35. The Morgan fingerprint density at radius 1 is 0.867 bits per heavy atom. The van der Waals surface area contributed by atoms with Gasteiger partial charge in [-0.3, -0.25) is 0 Å². The van der Waals surface area contributed by atoms with E-state index in [-0.39, 0.29) is 66.1 Å². The van der Waals surface area contributed by atoms with Crippen molar-refractivity contribution in [2.45, 2.75) is 62.9 Å². The Kier molecular flexibility index (Phi) is 13.5. The number of aliphatic hydroxyl groups excluding tert-OH is 1. The first-order chi connectivity index (χ1) is 12.7. The van der Waals surface area contributed by atoms with E-state index < -0.39 is 8.07 Å². The molecule has 1 saturated carbocycles. The zero-order chi connectivity index (χ0) is 18.0. The molecule has 0 bridgehead atoms. The van der Waals surface area contributed by atoms with Gasteiger partial charge in [0.2, 0.25) is 0 Å². The van der Waals surface area contributed by atoms with Crippen LogP contribution in [0.4, 0.5) is 0 Å². The summed E-state index contributed by atoms with van der Waals surface area (Å²) in [5.41, 5.74) is 0. The van der Waals surface area contributed by atoms with Crippen molar-refractivity contribution in [3.8, 4) is 0 Å². The lowest BCUT2D eigenvalue weighted by molar-refractivity contribution is 0.150. The summed E-state index contributed by atoms with van der Waals surface area (Å²) in [7, 11) is -1.97. The fraction of sp³-hybridized carbons (Fsp3) is 0.478. The molecule has 7 heteroatoms. The minimum absolute atomic E-state index is 0. The second kappa shape index (κ2) is 13.5. The van der Waals surface area contributed by atoms with Crippen LogP contribution in [0.25, 0.3) is 0 Å². The van der Waals surface area contributed by atoms with E-state index in [1.165, 1.54) is 36.1 Å². The third-order valence-corrected chi connectivity index (χ3v) is 11.2. The van der Waals surface area contributed by atoms with Gasteiger partial charge in [0.25, 0.3) is 0 Å². The number of hydrogen-bond acceptors (Lipinski definition) is 2. The van der Waals surface area contributed by atoms with Gasteiger partial charge in [-0.05, 0) is 31.2 Å². The molecule has 1 aliphatic heterocycles. The van der Waals surface area contributed by atoms with Crippen LogP contribution in [-0.4, -0.2) is 31.4 Å². The summed E-state index contributed by atoms with van der Waals surface area (Å²) in [6.07, 6.45) is 6.23. The predicted octanol–water partition coefficient (Wildman–Crippen LogP) is 3.61. The minimum atomic E-state index is -1.97. The maximum Gasteiger partial charge on any atom is 0.117 e. The van der Waals surface area contributed by atoms with E-state index in [1.807, 2.05) is 0 Å². The molecule has 2 fully saturated rings. The highest BCUT2D eigenvalue weighted by Gasteiger charge is 2.42. The number of rotatable bonds is 5. The molecule has 4 rings (SSSR count). The van der Waals surface area contributed by atoms with Gasteiger partial charge in [0.1, 0.15) is 8.07 Å². The van der Waals surface area contributed by atoms with E-state index in [0.717, 1.165) is 18.4 Å². The molecular formula is C23H39NOS4Si. The average Bonchev–Trinajstić information content (AvgIpc) is 3.14. The normalized spacial score (nSPS) is 23.5. The van der Waals surface area contributed by atoms with E-state index >= 15 is 0 Å². The lowest BCUT2D eigenvalue weighted by Crippen LogP contribution is -2.59. The van der Waals surface area contributed by atoms with Gasteiger partial charge >= 0.3 is 0 Å². The van der Waals surface area contributed by atoms with Gasteiger partial charge in [0.05, 0.1) is 6.10 Å². The topological polar surface area (TPSA) is 32.3 Å². The fourth-order valence-corrected chi connectivity index (χ4v) is 9.00. The number of benzene rings is 2. The first-order valence-electron chi connectivity index (χ1n) is 10.2. The van der Waals surface area contributed by atoms with Crippen LogP contribution in [0.5, 0.6) is 0 Å². The van der Waals surface area contributed by atoms with Gasteiger partial charge in [-0.2, -0.15) is 54.0 Å². The Morgan fingerprint density at radius 2 is 1.37 bits per heavy atom. The summed E-state index contributed by atoms with van der Waals surface area (Å²) in [5.74, 6) is 0.782. The second-order valence-electron chi connectivity index (χ2n) is 8.50. The lowest BCUT2D eigenvalue weighted by atomic mass is 9.85. The van der Waals surface area contributed by atoms with E-state index in [1.54, 1.807) is 0 Å². The highest BCUT2D eigenvalue weighted by atomic mass is 32.1. The van der Waals surface area contributed by atoms with Crippen molar-refractivity contribution in [3.63, 3.8) is 0 Å². The van der Waals surface area contributed by atoms with E-state index in [9.17, 15) is 5.11 Å². The summed E-state index contributed by atoms with van der Waals surface area (Å²) < 4.78 is 0. The smallest absolute Gasteiger partial charge is 0.117 e. The third-order valence-electron chi connectivity index (χ3n) is 6.80. The van der Waals surface area contributed by atoms with Crippen LogP contribution < -0.4 is 15.7 Å². The molecule has 170 valence electrons. The number of fused-ring (bicyclic) bond motifs is 1. The molecule has 0 amide bonds. The number of hydrogen-bond donors (Lipinski definition) is 2. The third kappa shape index (κ3) is 6.50. The molecular weight excluding hydrogens is 463 g/mol. The molecule has 0 spiro atoms. The molecule has 0 radical (unpaired) electrons. The maximum absolute atomic E-state index is 11.2. The zero-order valence-corrected chi connectivity index (χ0v) is 22.8. The second-order valence-corrected chi connectivity index (χ2v) is 12.7. The molecule has 1 saturated heterocycles. The largest absolute Gasteiger partial charge is 0.392 e. The Hall–Kier alpha value is -0.0231.